The number of rotatable bonds is 4. The van der Waals surface area contributed by atoms with Gasteiger partial charge in [-0.1, -0.05) is 29.8 Å². The van der Waals surface area contributed by atoms with Crippen molar-refractivity contribution in [2.45, 2.75) is 19.3 Å². The Morgan fingerprint density at radius 2 is 1.81 bits per heavy atom. The van der Waals surface area contributed by atoms with Gasteiger partial charge in [0, 0.05) is 19.2 Å². The lowest BCUT2D eigenvalue weighted by atomic mass is 10.1. The van der Waals surface area contributed by atoms with Crippen LogP contribution in [0.3, 0.4) is 0 Å². The number of hydrogen-bond acceptors (Lipinski definition) is 2. The quantitative estimate of drug-likeness (QED) is 0.770. The van der Waals surface area contributed by atoms with Crippen LogP contribution >= 0.6 is 11.6 Å². The Hall–Kier alpha value is -2.66. The highest BCUT2D eigenvalue weighted by atomic mass is 35.5. The molecule has 1 aliphatic rings. The van der Waals surface area contributed by atoms with E-state index in [1.165, 1.54) is 30.4 Å². The van der Waals surface area contributed by atoms with Crippen molar-refractivity contribution in [1.82, 2.24) is 4.90 Å². The van der Waals surface area contributed by atoms with Crippen molar-refractivity contribution in [3.63, 3.8) is 0 Å². The molecular weight excluding hydrogens is 367 g/mol. The van der Waals surface area contributed by atoms with Crippen molar-refractivity contribution in [3.8, 4) is 0 Å². The molecule has 1 aliphatic heterocycles. The van der Waals surface area contributed by atoms with Crippen LogP contribution in [0, 0.1) is 5.82 Å². The standard InChI is InChI=1S/C21H20ClFN2O2/c22-17-14-15(8-10-18(17)23)9-11-20(26)24-19-7-3-2-6-16(19)21(27)25-12-4-1-5-13-25/h2-3,6-11,14H,1,4-5,12-13H2,(H,24,26)/b11-9+. The maximum Gasteiger partial charge on any atom is 0.255 e. The molecule has 0 aromatic heterocycles. The third kappa shape index (κ3) is 4.95. The fourth-order valence-corrected chi connectivity index (χ4v) is 3.20. The zero-order chi connectivity index (χ0) is 19.2. The second-order valence-electron chi connectivity index (χ2n) is 6.39. The van der Waals surface area contributed by atoms with Gasteiger partial charge in [0.25, 0.3) is 5.91 Å². The lowest BCUT2D eigenvalue weighted by Gasteiger charge is -2.27. The Morgan fingerprint density at radius 1 is 1.07 bits per heavy atom. The molecule has 0 spiro atoms. The highest BCUT2D eigenvalue weighted by molar-refractivity contribution is 6.30. The number of hydrogen-bond donors (Lipinski definition) is 1. The van der Waals surface area contributed by atoms with Gasteiger partial charge < -0.3 is 10.2 Å². The van der Waals surface area contributed by atoms with E-state index < -0.39 is 5.82 Å². The van der Waals surface area contributed by atoms with Gasteiger partial charge in [-0.3, -0.25) is 9.59 Å². The molecular formula is C21H20ClFN2O2. The lowest BCUT2D eigenvalue weighted by molar-refractivity contribution is -0.111. The first kappa shape index (κ1) is 19.1. The number of para-hydroxylation sites is 1. The number of benzene rings is 2. The normalized spacial score (nSPS) is 14.4. The third-order valence-corrected chi connectivity index (χ3v) is 4.72. The summed E-state index contributed by atoms with van der Waals surface area (Å²) >= 11 is 5.74. The summed E-state index contributed by atoms with van der Waals surface area (Å²) in [5.74, 6) is -0.961. The molecule has 0 aliphatic carbocycles. The fraction of sp³-hybridized carbons (Fsp3) is 0.238. The van der Waals surface area contributed by atoms with Crippen molar-refractivity contribution < 1.29 is 14.0 Å². The van der Waals surface area contributed by atoms with E-state index in [2.05, 4.69) is 5.32 Å². The van der Waals surface area contributed by atoms with E-state index >= 15 is 0 Å². The molecule has 27 heavy (non-hydrogen) atoms. The minimum absolute atomic E-state index is 0.00460. The maximum absolute atomic E-state index is 13.2. The highest BCUT2D eigenvalue weighted by Crippen LogP contribution is 2.20. The molecule has 1 fully saturated rings. The van der Waals surface area contributed by atoms with Crippen LogP contribution in [0.1, 0.15) is 35.2 Å². The second-order valence-corrected chi connectivity index (χ2v) is 6.80. The molecule has 2 aromatic rings. The number of piperidine rings is 1. The number of anilines is 1. The summed E-state index contributed by atoms with van der Waals surface area (Å²) in [4.78, 5) is 26.8. The van der Waals surface area contributed by atoms with Crippen LogP contribution in [0.15, 0.2) is 48.5 Å². The van der Waals surface area contributed by atoms with Crippen LogP contribution < -0.4 is 5.32 Å². The molecule has 3 rings (SSSR count). The van der Waals surface area contributed by atoms with E-state index in [4.69, 9.17) is 11.6 Å². The highest BCUT2D eigenvalue weighted by Gasteiger charge is 2.20. The first-order valence-electron chi connectivity index (χ1n) is 8.87. The summed E-state index contributed by atoms with van der Waals surface area (Å²) in [6.07, 6.45) is 6.01. The average Bonchev–Trinajstić information content (AvgIpc) is 2.69. The smallest absolute Gasteiger partial charge is 0.255 e. The number of carbonyl (C=O) groups excluding carboxylic acids is 2. The SMILES string of the molecule is O=C(/C=C/c1ccc(F)c(Cl)c1)Nc1ccccc1C(=O)N1CCCCC1. The summed E-state index contributed by atoms with van der Waals surface area (Å²) in [7, 11) is 0. The Labute approximate surface area is 162 Å². The molecule has 0 bridgehead atoms. The zero-order valence-electron chi connectivity index (χ0n) is 14.8. The van der Waals surface area contributed by atoms with Crippen molar-refractivity contribution >= 4 is 35.2 Å². The number of nitrogens with one attached hydrogen (secondary N) is 1. The molecule has 0 radical (unpaired) electrons. The van der Waals surface area contributed by atoms with Crippen molar-refractivity contribution in [2.75, 3.05) is 18.4 Å². The van der Waals surface area contributed by atoms with E-state index in [-0.39, 0.29) is 16.8 Å². The van der Waals surface area contributed by atoms with Crippen molar-refractivity contribution in [3.05, 3.63) is 70.5 Å². The predicted octanol–water partition coefficient (Wildman–Crippen LogP) is 4.76. The van der Waals surface area contributed by atoms with Gasteiger partial charge in [0.05, 0.1) is 16.3 Å². The van der Waals surface area contributed by atoms with Gasteiger partial charge in [-0.15, -0.1) is 0 Å². The van der Waals surface area contributed by atoms with Crippen LogP contribution in [0.25, 0.3) is 6.08 Å². The second kappa shape index (κ2) is 8.82. The molecule has 4 nitrogen and oxygen atoms in total. The van der Waals surface area contributed by atoms with E-state index in [0.717, 1.165) is 32.4 Å². The van der Waals surface area contributed by atoms with Crippen LogP contribution in [0.5, 0.6) is 0 Å². The van der Waals surface area contributed by atoms with Gasteiger partial charge in [-0.25, -0.2) is 4.39 Å². The minimum Gasteiger partial charge on any atom is -0.339 e. The Bertz CT molecular complexity index is 876. The predicted molar refractivity (Wildman–Crippen MR) is 105 cm³/mol. The van der Waals surface area contributed by atoms with Crippen LogP contribution in [-0.2, 0) is 4.79 Å². The number of nitrogens with zero attached hydrogens (tertiary/aromatic N) is 1. The maximum atomic E-state index is 13.2. The largest absolute Gasteiger partial charge is 0.339 e. The van der Waals surface area contributed by atoms with Gasteiger partial charge in [-0.05, 0) is 55.2 Å². The Kier molecular flexibility index (Phi) is 6.24. The van der Waals surface area contributed by atoms with Crippen LogP contribution in [0.2, 0.25) is 5.02 Å². The monoisotopic (exact) mass is 386 g/mol. The molecule has 0 unspecified atom stereocenters. The van der Waals surface area contributed by atoms with Gasteiger partial charge in [0.15, 0.2) is 0 Å². The number of carbonyl (C=O) groups is 2. The van der Waals surface area contributed by atoms with Gasteiger partial charge in [-0.2, -0.15) is 0 Å². The van der Waals surface area contributed by atoms with Gasteiger partial charge >= 0.3 is 0 Å². The third-order valence-electron chi connectivity index (χ3n) is 4.43. The van der Waals surface area contributed by atoms with Crippen molar-refractivity contribution in [2.24, 2.45) is 0 Å². The number of likely N-dealkylation sites (tertiary alicyclic amines) is 1. The molecule has 0 saturated carbocycles. The first-order chi connectivity index (χ1) is 13.0. The summed E-state index contributed by atoms with van der Waals surface area (Å²) < 4.78 is 13.2. The molecule has 1 heterocycles. The molecule has 6 heteroatoms. The molecule has 1 N–H and O–H groups in total. The lowest BCUT2D eigenvalue weighted by Crippen LogP contribution is -2.36. The Morgan fingerprint density at radius 3 is 2.56 bits per heavy atom. The number of amides is 2. The van der Waals surface area contributed by atoms with Gasteiger partial charge in [0.2, 0.25) is 5.91 Å². The summed E-state index contributed by atoms with van der Waals surface area (Å²) in [6.45, 7) is 1.48. The van der Waals surface area contributed by atoms with E-state index in [1.807, 2.05) is 4.90 Å². The molecule has 1 saturated heterocycles. The van der Waals surface area contributed by atoms with Crippen molar-refractivity contribution in [1.29, 1.82) is 0 Å². The van der Waals surface area contributed by atoms with Gasteiger partial charge in [0.1, 0.15) is 5.82 Å². The average molecular weight is 387 g/mol. The summed E-state index contributed by atoms with van der Waals surface area (Å²) in [5.41, 5.74) is 1.56. The van der Waals surface area contributed by atoms with Crippen LogP contribution in [0.4, 0.5) is 10.1 Å². The summed E-state index contributed by atoms with van der Waals surface area (Å²) in [6, 6.07) is 11.2. The summed E-state index contributed by atoms with van der Waals surface area (Å²) in [5, 5.41) is 2.74. The first-order valence-corrected chi connectivity index (χ1v) is 9.25. The molecule has 2 aromatic carbocycles. The zero-order valence-corrected chi connectivity index (χ0v) is 15.5. The topological polar surface area (TPSA) is 49.4 Å². The van der Waals surface area contributed by atoms with Crippen LogP contribution in [-0.4, -0.2) is 29.8 Å². The minimum atomic E-state index is -0.511. The molecule has 2 amide bonds. The van der Waals surface area contributed by atoms with E-state index in [9.17, 15) is 14.0 Å². The molecule has 140 valence electrons. The Balaban J connectivity index is 1.71. The van der Waals surface area contributed by atoms with E-state index in [1.54, 1.807) is 24.3 Å². The molecule has 0 atom stereocenters. The fourth-order valence-electron chi connectivity index (χ4n) is 3.01. The van der Waals surface area contributed by atoms with E-state index in [0.29, 0.717) is 16.8 Å². The number of halogens is 2.